The van der Waals surface area contributed by atoms with E-state index in [9.17, 15) is 14.4 Å². The van der Waals surface area contributed by atoms with E-state index < -0.39 is 11.5 Å². The highest BCUT2D eigenvalue weighted by atomic mass is 16.2. The van der Waals surface area contributed by atoms with Gasteiger partial charge in [0.2, 0.25) is 0 Å². The number of aromatic amines is 1. The van der Waals surface area contributed by atoms with Crippen LogP contribution in [0.15, 0.2) is 35.3 Å². The molecule has 2 aromatic rings. The molecule has 1 amide bonds. The molecule has 118 valence electrons. The molecule has 0 saturated heterocycles. The van der Waals surface area contributed by atoms with Crippen LogP contribution in [0.4, 0.5) is 0 Å². The second-order valence-electron chi connectivity index (χ2n) is 5.63. The van der Waals surface area contributed by atoms with E-state index >= 15 is 0 Å². The van der Waals surface area contributed by atoms with Crippen molar-refractivity contribution < 1.29 is 9.59 Å². The van der Waals surface area contributed by atoms with Gasteiger partial charge in [0.15, 0.2) is 5.78 Å². The molecule has 1 unspecified atom stereocenters. The minimum Gasteiger partial charge on any atom is -0.344 e. The molecular formula is C17H17N3O3. The number of rotatable bonds is 3. The normalized spacial score (nSPS) is 14.9. The molecule has 0 aromatic carbocycles. The average Bonchev–Trinajstić information content (AvgIpc) is 2.55. The molecule has 0 aliphatic heterocycles. The summed E-state index contributed by atoms with van der Waals surface area (Å²) in [6.07, 6.45) is 3.47. The second kappa shape index (κ2) is 6.16. The third-order valence-corrected chi connectivity index (χ3v) is 3.98. The monoisotopic (exact) mass is 311 g/mol. The van der Waals surface area contributed by atoms with Crippen LogP contribution in [0.25, 0.3) is 0 Å². The fraction of sp³-hybridized carbons (Fsp3) is 0.294. The van der Waals surface area contributed by atoms with E-state index in [0.29, 0.717) is 29.8 Å². The number of nitrogens with zero attached hydrogens (tertiary/aromatic N) is 1. The first-order chi connectivity index (χ1) is 11.1. The Labute approximate surface area is 133 Å². The van der Waals surface area contributed by atoms with Gasteiger partial charge in [0.1, 0.15) is 5.56 Å². The number of hydrogen-bond acceptors (Lipinski definition) is 4. The maximum atomic E-state index is 12.4. The number of Topliss-reactive ketones (excluding diaryl/α,β-unsaturated/α-hetero) is 1. The lowest BCUT2D eigenvalue weighted by Crippen LogP contribution is -2.33. The maximum absolute atomic E-state index is 12.4. The van der Waals surface area contributed by atoms with Gasteiger partial charge in [-0.15, -0.1) is 0 Å². The van der Waals surface area contributed by atoms with Gasteiger partial charge in [0.25, 0.3) is 11.5 Å². The first-order valence-corrected chi connectivity index (χ1v) is 7.57. The highest BCUT2D eigenvalue weighted by molar-refractivity contribution is 6.01. The molecule has 3 rings (SSSR count). The van der Waals surface area contributed by atoms with Crippen LogP contribution in [0.2, 0.25) is 0 Å². The zero-order valence-corrected chi connectivity index (χ0v) is 12.8. The lowest BCUT2D eigenvalue weighted by Gasteiger charge is -2.16. The summed E-state index contributed by atoms with van der Waals surface area (Å²) in [4.78, 5) is 43.3. The summed E-state index contributed by atoms with van der Waals surface area (Å²) < 4.78 is 0. The highest BCUT2D eigenvalue weighted by Crippen LogP contribution is 2.19. The second-order valence-corrected chi connectivity index (χ2v) is 5.63. The number of fused-ring (bicyclic) bond motifs is 1. The molecule has 0 spiro atoms. The number of nitrogens with one attached hydrogen (secondary N) is 2. The molecule has 23 heavy (non-hydrogen) atoms. The number of aromatic nitrogens is 2. The van der Waals surface area contributed by atoms with E-state index in [-0.39, 0.29) is 17.4 Å². The molecule has 0 radical (unpaired) electrons. The van der Waals surface area contributed by atoms with Gasteiger partial charge >= 0.3 is 0 Å². The van der Waals surface area contributed by atoms with Gasteiger partial charge in [-0.05, 0) is 38.0 Å². The number of pyridine rings is 2. The maximum Gasteiger partial charge on any atom is 0.261 e. The van der Waals surface area contributed by atoms with Gasteiger partial charge in [-0.3, -0.25) is 19.4 Å². The van der Waals surface area contributed by atoms with Crippen molar-refractivity contribution in [2.24, 2.45) is 0 Å². The summed E-state index contributed by atoms with van der Waals surface area (Å²) in [5.41, 5.74) is 1.27. The van der Waals surface area contributed by atoms with Crippen LogP contribution >= 0.6 is 0 Å². The number of amides is 1. The van der Waals surface area contributed by atoms with Crippen molar-refractivity contribution in [1.29, 1.82) is 0 Å². The molecule has 1 aliphatic carbocycles. The molecule has 2 aromatic heterocycles. The summed E-state index contributed by atoms with van der Waals surface area (Å²) in [6.45, 7) is 1.79. The molecule has 0 bridgehead atoms. The lowest BCUT2D eigenvalue weighted by atomic mass is 9.93. The molecule has 6 heteroatoms. The van der Waals surface area contributed by atoms with Gasteiger partial charge in [-0.1, -0.05) is 6.07 Å². The van der Waals surface area contributed by atoms with Gasteiger partial charge in [-0.2, -0.15) is 0 Å². The summed E-state index contributed by atoms with van der Waals surface area (Å²) in [6, 6.07) is 6.49. The van der Waals surface area contributed by atoms with Crippen molar-refractivity contribution in [1.82, 2.24) is 15.3 Å². The summed E-state index contributed by atoms with van der Waals surface area (Å²) in [5.74, 6) is -0.542. The molecule has 2 heterocycles. The van der Waals surface area contributed by atoms with Crippen molar-refractivity contribution in [3.05, 3.63) is 63.3 Å². The minimum atomic E-state index is -0.509. The lowest BCUT2D eigenvalue weighted by molar-refractivity contribution is 0.0937. The third-order valence-electron chi connectivity index (χ3n) is 3.98. The van der Waals surface area contributed by atoms with Gasteiger partial charge in [0, 0.05) is 23.9 Å². The Balaban J connectivity index is 1.87. The standard InChI is InChI=1S/C17H17N3O3/c1-10(13-5-2-3-8-18-13)19-16(22)12-9-11-14(20-17(12)23)6-4-7-15(11)21/h2-3,5,8-10H,4,6-7H2,1H3,(H,19,22)(H,20,23). The zero-order chi connectivity index (χ0) is 16.4. The number of carbonyl (C=O) groups is 2. The average molecular weight is 311 g/mol. The minimum absolute atomic E-state index is 0.0330. The zero-order valence-electron chi connectivity index (χ0n) is 12.8. The fourth-order valence-electron chi connectivity index (χ4n) is 2.72. The first kappa shape index (κ1) is 15.1. The van der Waals surface area contributed by atoms with Crippen LogP contribution in [0.1, 0.15) is 57.9 Å². The SMILES string of the molecule is CC(NC(=O)c1cc2c([nH]c1=O)CCCC2=O)c1ccccn1. The largest absolute Gasteiger partial charge is 0.344 e. The summed E-state index contributed by atoms with van der Waals surface area (Å²) in [7, 11) is 0. The van der Waals surface area contributed by atoms with E-state index in [2.05, 4.69) is 15.3 Å². The van der Waals surface area contributed by atoms with Gasteiger partial charge in [-0.25, -0.2) is 0 Å². The van der Waals surface area contributed by atoms with Crippen molar-refractivity contribution in [3.8, 4) is 0 Å². The summed E-state index contributed by atoms with van der Waals surface area (Å²) >= 11 is 0. The highest BCUT2D eigenvalue weighted by Gasteiger charge is 2.22. The van der Waals surface area contributed by atoms with E-state index in [0.717, 1.165) is 6.42 Å². The molecule has 0 fully saturated rings. The van der Waals surface area contributed by atoms with E-state index in [4.69, 9.17) is 0 Å². The van der Waals surface area contributed by atoms with E-state index in [1.165, 1.54) is 6.07 Å². The van der Waals surface area contributed by atoms with Crippen molar-refractivity contribution in [2.45, 2.75) is 32.2 Å². The quantitative estimate of drug-likeness (QED) is 0.903. The molecule has 1 atom stereocenters. The number of hydrogen-bond donors (Lipinski definition) is 2. The molecule has 0 saturated carbocycles. The Bertz CT molecular complexity index is 812. The Morgan fingerprint density at radius 3 is 2.87 bits per heavy atom. The topological polar surface area (TPSA) is 91.9 Å². The van der Waals surface area contributed by atoms with Crippen LogP contribution in [-0.2, 0) is 6.42 Å². The first-order valence-electron chi connectivity index (χ1n) is 7.57. The Morgan fingerprint density at radius 2 is 2.13 bits per heavy atom. The van der Waals surface area contributed by atoms with Crippen molar-refractivity contribution >= 4 is 11.7 Å². The Morgan fingerprint density at radius 1 is 1.30 bits per heavy atom. The fourth-order valence-corrected chi connectivity index (χ4v) is 2.72. The van der Waals surface area contributed by atoms with Gasteiger partial charge < -0.3 is 10.3 Å². The number of ketones is 1. The molecule has 1 aliphatic rings. The van der Waals surface area contributed by atoms with Crippen molar-refractivity contribution in [2.75, 3.05) is 0 Å². The van der Waals surface area contributed by atoms with Crippen LogP contribution in [0.3, 0.4) is 0 Å². The van der Waals surface area contributed by atoms with E-state index in [1.54, 1.807) is 25.3 Å². The van der Waals surface area contributed by atoms with Gasteiger partial charge in [0.05, 0.1) is 11.7 Å². The predicted octanol–water partition coefficient (Wildman–Crippen LogP) is 1.78. The van der Waals surface area contributed by atoms with Crippen LogP contribution in [0.5, 0.6) is 0 Å². The Kier molecular flexibility index (Phi) is 4.06. The van der Waals surface area contributed by atoms with Crippen molar-refractivity contribution in [3.63, 3.8) is 0 Å². The summed E-state index contributed by atoms with van der Waals surface area (Å²) in [5, 5.41) is 2.74. The third kappa shape index (κ3) is 3.06. The predicted molar refractivity (Wildman–Crippen MR) is 84.4 cm³/mol. The van der Waals surface area contributed by atoms with Crippen LogP contribution in [-0.4, -0.2) is 21.7 Å². The van der Waals surface area contributed by atoms with Crippen LogP contribution in [0, 0.1) is 0 Å². The molecule has 2 N–H and O–H groups in total. The molecular weight excluding hydrogens is 294 g/mol. The van der Waals surface area contributed by atoms with Crippen LogP contribution < -0.4 is 10.9 Å². The smallest absolute Gasteiger partial charge is 0.261 e. The van der Waals surface area contributed by atoms with E-state index in [1.807, 2.05) is 6.07 Å². The number of carbonyl (C=O) groups excluding carboxylic acids is 2. The number of H-pyrrole nitrogens is 1. The molecule has 6 nitrogen and oxygen atoms in total. The number of aryl methyl sites for hydroxylation is 1. The Hall–Kier alpha value is -2.76.